The molecule has 3 rings (SSSR count). The van der Waals surface area contributed by atoms with Gasteiger partial charge in [0.05, 0.1) is 0 Å². The SMILES string of the molecule is O=C(O)CON=C(C(=O)NC1C(=O)N2C(C(=O)O)=CCS[C@H]12)c1ncsn1. The van der Waals surface area contributed by atoms with E-state index in [-0.39, 0.29) is 11.5 Å². The van der Waals surface area contributed by atoms with Crippen molar-refractivity contribution in [3.05, 3.63) is 23.1 Å². The summed E-state index contributed by atoms with van der Waals surface area (Å²) >= 11 is 2.23. The summed E-state index contributed by atoms with van der Waals surface area (Å²) in [5.74, 6) is -3.65. The zero-order valence-corrected chi connectivity index (χ0v) is 14.9. The van der Waals surface area contributed by atoms with Crippen molar-refractivity contribution in [2.75, 3.05) is 12.4 Å². The van der Waals surface area contributed by atoms with Gasteiger partial charge in [0.2, 0.25) is 18.1 Å². The van der Waals surface area contributed by atoms with Crippen LogP contribution in [0.25, 0.3) is 0 Å². The number of oxime groups is 1. The maximum atomic E-state index is 12.5. The second kappa shape index (κ2) is 7.71. The average molecular weight is 413 g/mol. The summed E-state index contributed by atoms with van der Waals surface area (Å²) in [6.07, 6.45) is 1.42. The molecule has 3 heterocycles. The largest absolute Gasteiger partial charge is 0.479 e. The van der Waals surface area contributed by atoms with Crippen LogP contribution in [-0.4, -0.2) is 77.7 Å². The van der Waals surface area contributed by atoms with E-state index in [1.54, 1.807) is 0 Å². The Kier molecular flexibility index (Phi) is 5.36. The first-order valence-corrected chi connectivity index (χ1v) is 9.16. The summed E-state index contributed by atoms with van der Waals surface area (Å²) in [6.45, 7) is -0.775. The van der Waals surface area contributed by atoms with Crippen molar-refractivity contribution >= 4 is 52.8 Å². The van der Waals surface area contributed by atoms with E-state index >= 15 is 0 Å². The minimum atomic E-state index is -1.29. The van der Waals surface area contributed by atoms with Crippen LogP contribution in [0.4, 0.5) is 0 Å². The first-order valence-electron chi connectivity index (χ1n) is 7.27. The second-order valence-corrected chi connectivity index (χ2v) is 6.89. The van der Waals surface area contributed by atoms with Gasteiger partial charge in [-0.05, 0) is 17.6 Å². The molecule has 1 aromatic rings. The Balaban J connectivity index is 1.73. The maximum absolute atomic E-state index is 12.5. The summed E-state index contributed by atoms with van der Waals surface area (Å²) in [5, 5.41) is 23.1. The van der Waals surface area contributed by atoms with Crippen molar-refractivity contribution in [2.24, 2.45) is 5.16 Å². The molecular formula is C13H11N5O7S2. The lowest BCUT2D eigenvalue weighted by atomic mass is 10.0. The number of nitrogens with zero attached hydrogens (tertiary/aromatic N) is 4. The number of hydrogen-bond acceptors (Lipinski definition) is 10. The van der Waals surface area contributed by atoms with Crippen LogP contribution in [0.3, 0.4) is 0 Å². The lowest BCUT2D eigenvalue weighted by molar-refractivity contribution is -0.150. The summed E-state index contributed by atoms with van der Waals surface area (Å²) in [4.78, 5) is 56.0. The molecular weight excluding hydrogens is 402 g/mol. The van der Waals surface area contributed by atoms with Crippen LogP contribution >= 0.6 is 23.3 Å². The normalized spacial score (nSPS) is 21.6. The van der Waals surface area contributed by atoms with Crippen LogP contribution in [0.1, 0.15) is 5.82 Å². The maximum Gasteiger partial charge on any atom is 0.352 e. The van der Waals surface area contributed by atoms with Gasteiger partial charge in [0.1, 0.15) is 22.6 Å². The number of carboxylic acid groups (broad SMARTS) is 2. The molecule has 0 aliphatic carbocycles. The fraction of sp³-hybridized carbons (Fsp3) is 0.308. The number of carboxylic acids is 2. The minimum absolute atomic E-state index is 0.0889. The van der Waals surface area contributed by atoms with Crippen LogP contribution in [0.15, 0.2) is 22.4 Å². The molecule has 1 aromatic heterocycles. The molecule has 1 saturated heterocycles. The molecule has 2 aliphatic rings. The number of thioether (sulfide) groups is 1. The molecule has 27 heavy (non-hydrogen) atoms. The molecule has 0 bridgehead atoms. The standard InChI is InChI=1S/C13H11N5O7S2/c19-6(20)3-25-16-7(9-14-4-27-17-9)10(21)15-8-11(22)18-5(13(23)24)1-2-26-12(8)18/h1,4,8,12H,2-3H2,(H,15,21)(H,19,20)(H,23,24)/t8?,12-/m1/s1. The highest BCUT2D eigenvalue weighted by Crippen LogP contribution is 2.37. The van der Waals surface area contributed by atoms with E-state index in [2.05, 4.69) is 24.7 Å². The average Bonchev–Trinajstić information content (AvgIpc) is 3.16. The van der Waals surface area contributed by atoms with E-state index in [1.807, 2.05) is 0 Å². The summed E-state index contributed by atoms with van der Waals surface area (Å²) < 4.78 is 3.85. The fourth-order valence-electron chi connectivity index (χ4n) is 2.36. The molecule has 2 aliphatic heterocycles. The number of amides is 2. The number of β-lactam (4-membered cyclic amide) rings is 1. The molecule has 0 radical (unpaired) electrons. The van der Waals surface area contributed by atoms with Gasteiger partial charge in [-0.15, -0.1) is 11.8 Å². The van der Waals surface area contributed by atoms with Crippen LogP contribution in [0.2, 0.25) is 0 Å². The van der Waals surface area contributed by atoms with E-state index in [4.69, 9.17) is 10.2 Å². The number of fused-ring (bicyclic) bond motifs is 1. The highest BCUT2D eigenvalue weighted by molar-refractivity contribution is 8.00. The second-order valence-electron chi connectivity index (χ2n) is 5.14. The van der Waals surface area contributed by atoms with Gasteiger partial charge in [0.25, 0.3) is 11.8 Å². The number of carbonyl (C=O) groups excluding carboxylic acids is 2. The third-order valence-electron chi connectivity index (χ3n) is 3.48. The molecule has 14 heteroatoms. The zero-order valence-electron chi connectivity index (χ0n) is 13.3. The Labute approximate surface area is 159 Å². The van der Waals surface area contributed by atoms with Gasteiger partial charge in [0.15, 0.2) is 0 Å². The van der Waals surface area contributed by atoms with Crippen molar-refractivity contribution in [1.82, 2.24) is 19.6 Å². The number of carbonyl (C=O) groups is 4. The molecule has 1 fully saturated rings. The van der Waals surface area contributed by atoms with Gasteiger partial charge < -0.3 is 20.4 Å². The van der Waals surface area contributed by atoms with Crippen LogP contribution in [-0.2, 0) is 24.0 Å². The highest BCUT2D eigenvalue weighted by atomic mass is 32.2. The smallest absolute Gasteiger partial charge is 0.352 e. The Bertz CT molecular complexity index is 853. The molecule has 0 saturated carbocycles. The minimum Gasteiger partial charge on any atom is -0.479 e. The molecule has 0 spiro atoms. The highest BCUT2D eigenvalue weighted by Gasteiger charge is 2.53. The predicted molar refractivity (Wildman–Crippen MR) is 90.8 cm³/mol. The lowest BCUT2D eigenvalue weighted by Crippen LogP contribution is -2.70. The van der Waals surface area contributed by atoms with Crippen LogP contribution < -0.4 is 5.32 Å². The van der Waals surface area contributed by atoms with Crippen molar-refractivity contribution in [2.45, 2.75) is 11.4 Å². The summed E-state index contributed by atoms with van der Waals surface area (Å²) in [7, 11) is 0. The predicted octanol–water partition coefficient (Wildman–Crippen LogP) is -1.29. The van der Waals surface area contributed by atoms with Crippen molar-refractivity contribution in [1.29, 1.82) is 0 Å². The van der Waals surface area contributed by atoms with E-state index < -0.39 is 47.5 Å². The van der Waals surface area contributed by atoms with Crippen molar-refractivity contribution in [3.8, 4) is 0 Å². The molecule has 142 valence electrons. The van der Waals surface area contributed by atoms with E-state index in [1.165, 1.54) is 23.3 Å². The lowest BCUT2D eigenvalue weighted by Gasteiger charge is -2.48. The fourth-order valence-corrected chi connectivity index (χ4v) is 3.98. The van der Waals surface area contributed by atoms with Crippen molar-refractivity contribution < 1.29 is 34.2 Å². The number of aliphatic carboxylic acids is 2. The third-order valence-corrected chi connectivity index (χ3v) is 5.15. The number of nitrogens with one attached hydrogen (secondary N) is 1. The first-order chi connectivity index (χ1) is 12.9. The third kappa shape index (κ3) is 3.75. The Morgan fingerprint density at radius 1 is 1.41 bits per heavy atom. The van der Waals surface area contributed by atoms with Gasteiger partial charge in [-0.1, -0.05) is 5.16 Å². The molecule has 1 unspecified atom stereocenters. The quantitative estimate of drug-likeness (QED) is 0.277. The Hall–Kier alpha value is -3.00. The van der Waals surface area contributed by atoms with E-state index in [9.17, 15) is 19.2 Å². The van der Waals surface area contributed by atoms with Gasteiger partial charge >= 0.3 is 11.9 Å². The van der Waals surface area contributed by atoms with Gasteiger partial charge in [-0.3, -0.25) is 14.5 Å². The molecule has 2 amide bonds. The zero-order chi connectivity index (χ0) is 19.6. The van der Waals surface area contributed by atoms with Gasteiger partial charge in [0, 0.05) is 5.75 Å². The van der Waals surface area contributed by atoms with E-state index in [0.717, 1.165) is 16.4 Å². The number of rotatable bonds is 7. The molecule has 2 atom stereocenters. The number of hydrogen-bond donors (Lipinski definition) is 3. The molecule has 0 aromatic carbocycles. The van der Waals surface area contributed by atoms with Crippen molar-refractivity contribution in [3.63, 3.8) is 0 Å². The van der Waals surface area contributed by atoms with Gasteiger partial charge in [-0.25, -0.2) is 14.6 Å². The van der Waals surface area contributed by atoms with Gasteiger partial charge in [-0.2, -0.15) is 4.37 Å². The number of aromatic nitrogens is 2. The Morgan fingerprint density at radius 2 is 2.19 bits per heavy atom. The topological polar surface area (TPSA) is 171 Å². The monoisotopic (exact) mass is 413 g/mol. The Morgan fingerprint density at radius 3 is 2.81 bits per heavy atom. The molecule has 12 nitrogen and oxygen atoms in total. The van der Waals surface area contributed by atoms with Crippen LogP contribution in [0.5, 0.6) is 0 Å². The first kappa shape index (κ1) is 18.8. The molecule has 3 N–H and O–H groups in total. The summed E-state index contributed by atoms with van der Waals surface area (Å²) in [6, 6.07) is -0.964. The van der Waals surface area contributed by atoms with E-state index in [0.29, 0.717) is 5.75 Å². The van der Waals surface area contributed by atoms with Crippen LogP contribution in [0, 0.1) is 0 Å². The summed E-state index contributed by atoms with van der Waals surface area (Å²) in [5.41, 5.74) is 0.819.